The van der Waals surface area contributed by atoms with Crippen LogP contribution < -0.4 is 10.6 Å². The monoisotopic (exact) mass is 337 g/mol. The number of carbonyl (C=O) groups is 1. The van der Waals surface area contributed by atoms with Gasteiger partial charge in [0.15, 0.2) is 0 Å². The summed E-state index contributed by atoms with van der Waals surface area (Å²) in [5, 5.41) is 5.63. The Bertz CT molecular complexity index is 779. The molecule has 2 amide bonds. The molecule has 2 N–H and O–H groups in total. The number of rotatable bonds is 3. The van der Waals surface area contributed by atoms with Gasteiger partial charge in [-0.3, -0.25) is 0 Å². The average Bonchev–Trinajstić information content (AvgIpc) is 3.06. The van der Waals surface area contributed by atoms with E-state index in [4.69, 9.17) is 4.74 Å². The van der Waals surface area contributed by atoms with Crippen molar-refractivity contribution in [3.63, 3.8) is 0 Å². The van der Waals surface area contributed by atoms with Crippen molar-refractivity contribution in [2.75, 3.05) is 17.2 Å². The predicted molar refractivity (Wildman–Crippen MR) is 101 cm³/mol. The Morgan fingerprint density at radius 3 is 2.40 bits per heavy atom. The molecule has 2 aromatic rings. The molecule has 1 atom stereocenters. The molecular weight excluding hydrogens is 314 g/mol. The van der Waals surface area contributed by atoms with Crippen LogP contribution in [0.25, 0.3) is 0 Å². The second-order valence-electron chi connectivity index (χ2n) is 7.15. The highest BCUT2D eigenvalue weighted by Gasteiger charge is 2.30. The number of urea groups is 1. The number of hydrogen-bond donors (Lipinski definition) is 2. The lowest BCUT2D eigenvalue weighted by Crippen LogP contribution is -2.25. The molecule has 0 saturated carbocycles. The van der Waals surface area contributed by atoms with Crippen LogP contribution in [0.5, 0.6) is 0 Å². The first-order valence-corrected chi connectivity index (χ1v) is 8.36. The van der Waals surface area contributed by atoms with Crippen LogP contribution in [-0.4, -0.2) is 24.6 Å². The average molecular weight is 337 g/mol. The molecule has 0 radical (unpaired) electrons. The SMILES string of the molecule is CC(C)(C)[C@H]1COC(c2cccc(NC(=O)Nc3ccccc3)c2)=N1. The molecule has 1 aliphatic rings. The lowest BCUT2D eigenvalue weighted by atomic mass is 9.88. The fourth-order valence-electron chi connectivity index (χ4n) is 2.52. The van der Waals surface area contributed by atoms with Crippen molar-refractivity contribution in [3.05, 3.63) is 60.2 Å². The number of amides is 2. The molecular formula is C20H23N3O2. The molecule has 0 spiro atoms. The molecule has 0 aromatic heterocycles. The molecule has 3 rings (SSSR count). The van der Waals surface area contributed by atoms with Gasteiger partial charge in [0.05, 0.1) is 6.04 Å². The van der Waals surface area contributed by atoms with Gasteiger partial charge in [0.2, 0.25) is 5.90 Å². The maximum absolute atomic E-state index is 12.1. The third-order valence-electron chi connectivity index (χ3n) is 4.05. The van der Waals surface area contributed by atoms with Gasteiger partial charge in [-0.15, -0.1) is 0 Å². The summed E-state index contributed by atoms with van der Waals surface area (Å²) < 4.78 is 5.76. The number of para-hydroxylation sites is 1. The van der Waals surface area contributed by atoms with Crippen molar-refractivity contribution in [1.29, 1.82) is 0 Å². The van der Waals surface area contributed by atoms with E-state index in [-0.39, 0.29) is 17.5 Å². The molecule has 2 aromatic carbocycles. The minimum absolute atomic E-state index is 0.0627. The van der Waals surface area contributed by atoms with Gasteiger partial charge >= 0.3 is 6.03 Å². The summed E-state index contributed by atoms with van der Waals surface area (Å²) in [5.41, 5.74) is 2.36. The van der Waals surface area contributed by atoms with Gasteiger partial charge < -0.3 is 15.4 Å². The summed E-state index contributed by atoms with van der Waals surface area (Å²) >= 11 is 0. The lowest BCUT2D eigenvalue weighted by molar-refractivity contribution is 0.236. The van der Waals surface area contributed by atoms with Gasteiger partial charge in [-0.25, -0.2) is 9.79 Å². The molecule has 1 heterocycles. The summed E-state index contributed by atoms with van der Waals surface area (Å²) in [6.07, 6.45) is 0. The van der Waals surface area contributed by atoms with E-state index in [0.717, 1.165) is 11.3 Å². The minimum Gasteiger partial charge on any atom is -0.475 e. The molecule has 0 bridgehead atoms. The Morgan fingerprint density at radius 1 is 1.04 bits per heavy atom. The zero-order valence-electron chi connectivity index (χ0n) is 14.7. The Balaban J connectivity index is 1.69. The first-order chi connectivity index (χ1) is 11.9. The highest BCUT2D eigenvalue weighted by atomic mass is 16.5. The van der Waals surface area contributed by atoms with E-state index < -0.39 is 0 Å². The van der Waals surface area contributed by atoms with E-state index in [1.807, 2.05) is 54.6 Å². The zero-order valence-corrected chi connectivity index (χ0v) is 14.7. The fraction of sp³-hybridized carbons (Fsp3) is 0.300. The van der Waals surface area contributed by atoms with E-state index >= 15 is 0 Å². The number of anilines is 2. The van der Waals surface area contributed by atoms with Gasteiger partial charge in [-0.2, -0.15) is 0 Å². The lowest BCUT2D eigenvalue weighted by Gasteiger charge is -2.21. The number of nitrogens with zero attached hydrogens (tertiary/aromatic N) is 1. The first-order valence-electron chi connectivity index (χ1n) is 8.36. The van der Waals surface area contributed by atoms with Crippen molar-refractivity contribution in [2.45, 2.75) is 26.8 Å². The molecule has 0 aliphatic carbocycles. The van der Waals surface area contributed by atoms with Crippen molar-refractivity contribution in [3.8, 4) is 0 Å². The first kappa shape index (κ1) is 17.0. The molecule has 1 aliphatic heterocycles. The second-order valence-corrected chi connectivity index (χ2v) is 7.15. The van der Waals surface area contributed by atoms with E-state index in [1.165, 1.54) is 0 Å². The van der Waals surface area contributed by atoms with Crippen molar-refractivity contribution in [1.82, 2.24) is 0 Å². The van der Waals surface area contributed by atoms with E-state index in [9.17, 15) is 4.79 Å². The standard InChI is InChI=1S/C20H23N3O2/c1-20(2,3)17-13-25-18(23-17)14-8-7-11-16(12-14)22-19(24)21-15-9-5-4-6-10-15/h4-12,17H,13H2,1-3H3,(H2,21,22,24)/t17-/m1/s1. The highest BCUT2D eigenvalue weighted by Crippen LogP contribution is 2.27. The third-order valence-corrected chi connectivity index (χ3v) is 4.05. The summed E-state index contributed by atoms with van der Waals surface area (Å²) in [4.78, 5) is 16.8. The Morgan fingerprint density at radius 2 is 1.72 bits per heavy atom. The fourth-order valence-corrected chi connectivity index (χ4v) is 2.52. The largest absolute Gasteiger partial charge is 0.475 e. The van der Waals surface area contributed by atoms with Crippen LogP contribution in [-0.2, 0) is 4.74 Å². The summed E-state index contributed by atoms with van der Waals surface area (Å²) in [6.45, 7) is 7.04. The van der Waals surface area contributed by atoms with Crippen LogP contribution in [0.3, 0.4) is 0 Å². The summed E-state index contributed by atoms with van der Waals surface area (Å²) in [6, 6.07) is 16.7. The van der Waals surface area contributed by atoms with Crippen LogP contribution in [0.15, 0.2) is 59.6 Å². The number of benzene rings is 2. The van der Waals surface area contributed by atoms with Crippen molar-refractivity contribution < 1.29 is 9.53 Å². The maximum atomic E-state index is 12.1. The van der Waals surface area contributed by atoms with Crippen LogP contribution in [0.4, 0.5) is 16.2 Å². The zero-order chi connectivity index (χ0) is 17.9. The molecule has 25 heavy (non-hydrogen) atoms. The predicted octanol–water partition coefficient (Wildman–Crippen LogP) is 4.52. The normalized spacial score (nSPS) is 16.8. The molecule has 0 fully saturated rings. The maximum Gasteiger partial charge on any atom is 0.323 e. The quantitative estimate of drug-likeness (QED) is 0.865. The van der Waals surface area contributed by atoms with Crippen molar-refractivity contribution >= 4 is 23.3 Å². The Hall–Kier alpha value is -2.82. The van der Waals surface area contributed by atoms with Crippen LogP contribution in [0.1, 0.15) is 26.3 Å². The van der Waals surface area contributed by atoms with Gasteiger partial charge in [0.1, 0.15) is 6.61 Å². The van der Waals surface area contributed by atoms with E-state index in [2.05, 4.69) is 36.4 Å². The van der Waals surface area contributed by atoms with Gasteiger partial charge in [-0.1, -0.05) is 45.0 Å². The number of hydrogen-bond acceptors (Lipinski definition) is 3. The molecule has 0 saturated heterocycles. The van der Waals surface area contributed by atoms with Crippen molar-refractivity contribution in [2.24, 2.45) is 10.4 Å². The minimum atomic E-state index is -0.287. The highest BCUT2D eigenvalue weighted by molar-refractivity contribution is 6.01. The van der Waals surface area contributed by atoms with Gasteiger partial charge in [0, 0.05) is 16.9 Å². The van der Waals surface area contributed by atoms with Crippen LogP contribution in [0, 0.1) is 5.41 Å². The van der Waals surface area contributed by atoms with Gasteiger partial charge in [0.25, 0.3) is 0 Å². The molecule has 0 unspecified atom stereocenters. The molecule has 5 heteroatoms. The third kappa shape index (κ3) is 4.38. The number of nitrogens with one attached hydrogen (secondary N) is 2. The smallest absolute Gasteiger partial charge is 0.323 e. The summed E-state index contributed by atoms with van der Waals surface area (Å²) in [7, 11) is 0. The number of aliphatic imine (C=N–C) groups is 1. The number of ether oxygens (including phenoxy) is 1. The van der Waals surface area contributed by atoms with E-state index in [1.54, 1.807) is 0 Å². The van der Waals surface area contributed by atoms with Crippen LogP contribution in [0.2, 0.25) is 0 Å². The Kier molecular flexibility index (Phi) is 4.74. The Labute approximate surface area is 148 Å². The molecule has 130 valence electrons. The summed E-state index contributed by atoms with van der Waals surface area (Å²) in [5.74, 6) is 0.632. The van der Waals surface area contributed by atoms with Gasteiger partial charge in [-0.05, 0) is 35.7 Å². The number of carbonyl (C=O) groups excluding carboxylic acids is 1. The molecule has 5 nitrogen and oxygen atoms in total. The van der Waals surface area contributed by atoms with E-state index in [0.29, 0.717) is 18.2 Å². The van der Waals surface area contributed by atoms with Crippen LogP contribution >= 0.6 is 0 Å². The topological polar surface area (TPSA) is 62.7 Å². The second kappa shape index (κ2) is 6.97.